The molecule has 1 aliphatic carbocycles. The van der Waals surface area contributed by atoms with Gasteiger partial charge in [-0.3, -0.25) is 5.41 Å². The number of amidine groups is 2. The van der Waals surface area contributed by atoms with E-state index in [2.05, 4.69) is 120 Å². The zero-order valence-electron chi connectivity index (χ0n) is 29.7. The van der Waals surface area contributed by atoms with Crippen molar-refractivity contribution < 1.29 is 0 Å². The molecule has 1 N–H and O–H groups in total. The van der Waals surface area contributed by atoms with Gasteiger partial charge in [-0.15, -0.1) is 0 Å². The standard InChI is InChI=1S/C48H39N5/c1-3-4-22-40-34(2)52(33-47(49)51-48(37-18-10-6-11-19-37)50-32-35-16-8-5-9-17-35)44-29-27-38(31-43(40)44)36-25-28-42-41-23-14-15-24-45(41)53(46(42)30-26-36)39-20-12-7-13-21-39/h3-27,29-32,49H,1,28,33H2,2H3/b22-4-,49-47?,50-32?,51-48?. The summed E-state index contributed by atoms with van der Waals surface area (Å²) in [6.07, 6.45) is 15.4. The zero-order chi connectivity index (χ0) is 36.1. The molecule has 0 spiro atoms. The number of aliphatic imine (C=N–C) groups is 2. The first-order chi connectivity index (χ1) is 26.1. The van der Waals surface area contributed by atoms with Crippen molar-refractivity contribution >= 4 is 57.4 Å². The zero-order valence-corrected chi connectivity index (χ0v) is 29.7. The molecular formula is C48H39N5. The van der Waals surface area contributed by atoms with Crippen molar-refractivity contribution in [2.24, 2.45) is 9.98 Å². The first-order valence-corrected chi connectivity index (χ1v) is 17.9. The molecule has 5 heteroatoms. The van der Waals surface area contributed by atoms with Crippen LogP contribution in [-0.4, -0.2) is 27.0 Å². The molecular weight excluding hydrogens is 647 g/mol. The maximum Gasteiger partial charge on any atom is 0.161 e. The number of hydrogen-bond donors (Lipinski definition) is 1. The summed E-state index contributed by atoms with van der Waals surface area (Å²) >= 11 is 0. The topological polar surface area (TPSA) is 58.4 Å². The normalized spacial score (nSPS) is 13.2. The van der Waals surface area contributed by atoms with Crippen LogP contribution in [0.5, 0.6) is 0 Å². The van der Waals surface area contributed by atoms with Gasteiger partial charge in [-0.2, -0.15) is 0 Å². The lowest BCUT2D eigenvalue weighted by Gasteiger charge is -2.09. The molecule has 0 atom stereocenters. The van der Waals surface area contributed by atoms with Gasteiger partial charge in [0.05, 0.1) is 17.8 Å². The molecule has 1 aliphatic rings. The molecule has 0 radical (unpaired) electrons. The van der Waals surface area contributed by atoms with Crippen molar-refractivity contribution in [3.63, 3.8) is 0 Å². The lowest BCUT2D eigenvalue weighted by atomic mass is 10.0. The van der Waals surface area contributed by atoms with Crippen LogP contribution in [0.25, 0.3) is 45.2 Å². The Morgan fingerprint density at radius 2 is 1.51 bits per heavy atom. The second-order valence-corrected chi connectivity index (χ2v) is 13.1. The SMILES string of the molecule is C=C/C=C\c1c(C)n(CC(=N)N=C(N=Cc2ccccc2)c2ccccc2)c2ccc(C3=CCc4c(n(-c5ccccc5)c5ccccc45)C=C3)cc12. The molecule has 0 amide bonds. The van der Waals surface area contributed by atoms with E-state index in [4.69, 9.17) is 15.4 Å². The number of nitrogens with zero attached hydrogens (tertiary/aromatic N) is 4. The number of nitrogens with one attached hydrogen (secondary N) is 1. The minimum absolute atomic E-state index is 0.218. The lowest BCUT2D eigenvalue weighted by molar-refractivity contribution is 0.845. The molecule has 0 unspecified atom stereocenters. The van der Waals surface area contributed by atoms with Crippen LogP contribution >= 0.6 is 0 Å². The van der Waals surface area contributed by atoms with Crippen LogP contribution in [0.2, 0.25) is 0 Å². The summed E-state index contributed by atoms with van der Waals surface area (Å²) in [5.74, 6) is 0.722. The van der Waals surface area contributed by atoms with Crippen molar-refractivity contribution in [3.8, 4) is 5.69 Å². The molecule has 5 nitrogen and oxygen atoms in total. The van der Waals surface area contributed by atoms with Gasteiger partial charge in [0.2, 0.25) is 0 Å². The fraction of sp³-hybridized carbons (Fsp3) is 0.0625. The van der Waals surface area contributed by atoms with Crippen LogP contribution in [0, 0.1) is 12.3 Å². The van der Waals surface area contributed by atoms with Gasteiger partial charge in [0.25, 0.3) is 0 Å². The van der Waals surface area contributed by atoms with Crippen LogP contribution in [0.4, 0.5) is 0 Å². The third-order valence-corrected chi connectivity index (χ3v) is 9.80. The summed E-state index contributed by atoms with van der Waals surface area (Å²) in [5.41, 5.74) is 12.3. The van der Waals surface area contributed by atoms with Crippen molar-refractivity contribution in [1.82, 2.24) is 9.13 Å². The molecule has 0 saturated carbocycles. The Morgan fingerprint density at radius 1 is 0.792 bits per heavy atom. The van der Waals surface area contributed by atoms with Gasteiger partial charge in [-0.25, -0.2) is 9.98 Å². The first-order valence-electron chi connectivity index (χ1n) is 17.9. The third-order valence-electron chi connectivity index (χ3n) is 9.80. The van der Waals surface area contributed by atoms with E-state index in [9.17, 15) is 0 Å². The highest BCUT2D eigenvalue weighted by atomic mass is 15.0. The highest BCUT2D eigenvalue weighted by Crippen LogP contribution is 2.36. The van der Waals surface area contributed by atoms with E-state index < -0.39 is 0 Å². The molecule has 7 aromatic rings. The van der Waals surface area contributed by atoms with E-state index in [0.29, 0.717) is 12.4 Å². The average molecular weight is 686 g/mol. The fourth-order valence-electron chi connectivity index (χ4n) is 7.24. The Hall–Kier alpha value is -6.85. The summed E-state index contributed by atoms with van der Waals surface area (Å²) in [6.45, 7) is 6.34. The molecule has 8 rings (SSSR count). The van der Waals surface area contributed by atoms with Crippen molar-refractivity contribution in [2.45, 2.75) is 19.9 Å². The molecule has 2 aromatic heterocycles. The Bertz CT molecular complexity index is 2630. The Labute approximate surface area is 310 Å². The van der Waals surface area contributed by atoms with Gasteiger partial charge in [-0.1, -0.05) is 140 Å². The number of para-hydroxylation sites is 2. The predicted molar refractivity (Wildman–Crippen MR) is 225 cm³/mol. The number of hydrogen-bond acceptors (Lipinski definition) is 1. The van der Waals surface area contributed by atoms with Crippen molar-refractivity contribution in [3.05, 3.63) is 204 Å². The maximum atomic E-state index is 9.08. The summed E-state index contributed by atoms with van der Waals surface area (Å²) in [6, 6.07) is 45.7. The monoisotopic (exact) mass is 685 g/mol. The Kier molecular flexibility index (Phi) is 9.29. The smallest absolute Gasteiger partial charge is 0.161 e. The van der Waals surface area contributed by atoms with Crippen LogP contribution < -0.4 is 0 Å². The third kappa shape index (κ3) is 6.68. The Morgan fingerprint density at radius 3 is 2.28 bits per heavy atom. The predicted octanol–water partition coefficient (Wildman–Crippen LogP) is 11.3. The summed E-state index contributed by atoms with van der Waals surface area (Å²) in [7, 11) is 0. The summed E-state index contributed by atoms with van der Waals surface area (Å²) in [4.78, 5) is 9.51. The van der Waals surface area contributed by atoms with E-state index in [0.717, 1.165) is 51.0 Å². The Balaban J connectivity index is 1.15. The molecule has 0 bridgehead atoms. The van der Waals surface area contributed by atoms with E-state index >= 15 is 0 Å². The molecule has 5 aromatic carbocycles. The van der Waals surface area contributed by atoms with Crippen LogP contribution in [0.1, 0.15) is 39.2 Å². The second-order valence-electron chi connectivity index (χ2n) is 13.1. The first kappa shape index (κ1) is 33.3. The number of fused-ring (bicyclic) bond motifs is 4. The summed E-state index contributed by atoms with van der Waals surface area (Å²) in [5, 5.41) is 11.5. The van der Waals surface area contributed by atoms with Crippen molar-refractivity contribution in [2.75, 3.05) is 0 Å². The molecule has 2 heterocycles. The van der Waals surface area contributed by atoms with Crippen molar-refractivity contribution in [1.29, 1.82) is 5.41 Å². The minimum Gasteiger partial charge on any atom is -0.337 e. The average Bonchev–Trinajstić information content (AvgIpc) is 3.54. The molecule has 256 valence electrons. The fourth-order valence-corrected chi connectivity index (χ4v) is 7.24. The number of rotatable bonds is 8. The molecule has 0 aliphatic heterocycles. The van der Waals surface area contributed by atoms with Gasteiger partial charge >= 0.3 is 0 Å². The van der Waals surface area contributed by atoms with Gasteiger partial charge in [0.1, 0.15) is 5.84 Å². The lowest BCUT2D eigenvalue weighted by Crippen LogP contribution is -2.11. The molecule has 0 saturated heterocycles. The maximum absolute atomic E-state index is 9.08. The van der Waals surface area contributed by atoms with E-state index in [1.165, 1.54) is 27.7 Å². The number of allylic oxidation sites excluding steroid dienone is 5. The van der Waals surface area contributed by atoms with Crippen LogP contribution in [0.3, 0.4) is 0 Å². The quantitative estimate of drug-likeness (QED) is 0.0940. The summed E-state index contributed by atoms with van der Waals surface area (Å²) < 4.78 is 4.55. The highest BCUT2D eigenvalue weighted by Gasteiger charge is 2.19. The van der Waals surface area contributed by atoms with Crippen LogP contribution in [-0.2, 0) is 13.0 Å². The largest absolute Gasteiger partial charge is 0.337 e. The minimum atomic E-state index is 0.218. The van der Waals surface area contributed by atoms with Crippen LogP contribution in [0.15, 0.2) is 174 Å². The van der Waals surface area contributed by atoms with Gasteiger partial charge in [0.15, 0.2) is 5.84 Å². The highest BCUT2D eigenvalue weighted by molar-refractivity contribution is 6.10. The van der Waals surface area contributed by atoms with Gasteiger partial charge in [0, 0.05) is 45.0 Å². The van der Waals surface area contributed by atoms with Gasteiger partial charge < -0.3 is 9.13 Å². The molecule has 0 fully saturated rings. The molecule has 53 heavy (non-hydrogen) atoms. The number of benzene rings is 5. The second kappa shape index (κ2) is 14.8. The van der Waals surface area contributed by atoms with E-state index in [1.807, 2.05) is 66.7 Å². The number of aromatic nitrogens is 2. The van der Waals surface area contributed by atoms with E-state index in [-0.39, 0.29) is 5.84 Å². The van der Waals surface area contributed by atoms with Gasteiger partial charge in [-0.05, 0) is 72.0 Å². The van der Waals surface area contributed by atoms with E-state index in [1.54, 1.807) is 12.3 Å².